The van der Waals surface area contributed by atoms with Gasteiger partial charge in [0, 0.05) is 18.4 Å². The average molecular weight is 319 g/mol. The molecule has 0 aliphatic rings. The van der Waals surface area contributed by atoms with Gasteiger partial charge in [0.2, 0.25) is 0 Å². The van der Waals surface area contributed by atoms with Crippen LogP contribution in [0.5, 0.6) is 0 Å². The molecular weight excluding hydrogens is 304 g/mol. The van der Waals surface area contributed by atoms with Gasteiger partial charge >= 0.3 is 5.97 Å². The van der Waals surface area contributed by atoms with Crippen molar-refractivity contribution in [3.05, 3.63) is 59.6 Å². The minimum atomic E-state index is -0.749. The topological polar surface area (TPSA) is 63.2 Å². The van der Waals surface area contributed by atoms with E-state index in [2.05, 4.69) is 6.07 Å². The van der Waals surface area contributed by atoms with E-state index in [1.807, 2.05) is 0 Å². The Morgan fingerprint density at radius 1 is 1.39 bits per heavy atom. The summed E-state index contributed by atoms with van der Waals surface area (Å²) in [6.45, 7) is 1.27. The van der Waals surface area contributed by atoms with E-state index in [0.29, 0.717) is 5.56 Å². The largest absolute Gasteiger partial charge is 0.472 e. The van der Waals surface area contributed by atoms with Crippen molar-refractivity contribution >= 4 is 5.97 Å². The molecule has 2 rings (SSSR count). The Hall–Kier alpha value is -2.68. The van der Waals surface area contributed by atoms with Gasteiger partial charge < -0.3 is 9.15 Å². The van der Waals surface area contributed by atoms with Crippen molar-refractivity contribution in [2.24, 2.45) is 0 Å². The lowest BCUT2D eigenvalue weighted by molar-refractivity contribution is -0.141. The van der Waals surface area contributed by atoms with E-state index in [1.54, 1.807) is 6.07 Å². The van der Waals surface area contributed by atoms with Gasteiger partial charge in [-0.2, -0.15) is 5.26 Å². The van der Waals surface area contributed by atoms with E-state index in [4.69, 9.17) is 9.15 Å². The number of esters is 1. The first-order valence-electron chi connectivity index (χ1n) is 7.03. The summed E-state index contributed by atoms with van der Waals surface area (Å²) in [6.07, 6.45) is 2.98. The molecule has 120 valence electrons. The minimum absolute atomic E-state index is 0.00594. The zero-order valence-corrected chi connectivity index (χ0v) is 12.5. The molecule has 0 spiro atoms. The van der Waals surface area contributed by atoms with Crippen LogP contribution in [0.25, 0.3) is 0 Å². The number of hydrogen-bond acceptors (Lipinski definition) is 4. The maximum atomic E-state index is 14.1. The third kappa shape index (κ3) is 4.16. The molecule has 0 bridgehead atoms. The molecular formula is C17H15F2NO3. The number of halogens is 2. The summed E-state index contributed by atoms with van der Waals surface area (Å²) in [6, 6.07) is 6.80. The average Bonchev–Trinajstić information content (AvgIpc) is 3.03. The van der Waals surface area contributed by atoms with Gasteiger partial charge in [-0.05, 0) is 36.2 Å². The highest BCUT2D eigenvalue weighted by atomic mass is 19.1. The number of ether oxygens (including phenoxy) is 1. The molecule has 2 aromatic rings. The smallest absolute Gasteiger partial charge is 0.302 e. The number of hydrogen-bond donors (Lipinski definition) is 0. The fourth-order valence-corrected chi connectivity index (χ4v) is 2.48. The molecule has 0 fully saturated rings. The SMILES string of the molecule is CC(=O)OCC[C@@H](c1cc(F)ccc1F)[C@@H](C#N)c1ccoc1. The van der Waals surface area contributed by atoms with Crippen molar-refractivity contribution in [1.29, 1.82) is 5.26 Å². The summed E-state index contributed by atoms with van der Waals surface area (Å²) in [4.78, 5) is 10.9. The van der Waals surface area contributed by atoms with E-state index in [9.17, 15) is 18.8 Å². The molecule has 0 saturated carbocycles. The number of furan rings is 1. The fourth-order valence-electron chi connectivity index (χ4n) is 2.48. The molecule has 0 amide bonds. The second-order valence-corrected chi connectivity index (χ2v) is 5.06. The molecule has 0 saturated heterocycles. The second-order valence-electron chi connectivity index (χ2n) is 5.06. The first-order chi connectivity index (χ1) is 11.0. The van der Waals surface area contributed by atoms with Gasteiger partial charge in [-0.1, -0.05) is 0 Å². The summed E-state index contributed by atoms with van der Waals surface area (Å²) in [5.74, 6) is -3.10. The van der Waals surface area contributed by atoms with Gasteiger partial charge in [0.1, 0.15) is 11.6 Å². The number of carbonyl (C=O) groups is 1. The van der Waals surface area contributed by atoms with Gasteiger partial charge in [0.25, 0.3) is 0 Å². The Balaban J connectivity index is 2.36. The summed E-state index contributed by atoms with van der Waals surface area (Å²) in [5.41, 5.74) is 0.633. The van der Waals surface area contributed by atoms with Crippen molar-refractivity contribution in [1.82, 2.24) is 0 Å². The Bertz CT molecular complexity index is 707. The van der Waals surface area contributed by atoms with Crippen LogP contribution in [0.15, 0.2) is 41.2 Å². The molecule has 4 nitrogen and oxygen atoms in total. The van der Waals surface area contributed by atoms with Crippen molar-refractivity contribution in [3.63, 3.8) is 0 Å². The highest BCUT2D eigenvalue weighted by Gasteiger charge is 2.28. The van der Waals surface area contributed by atoms with Crippen LogP contribution in [-0.4, -0.2) is 12.6 Å². The predicted octanol–water partition coefficient (Wildman–Crippen LogP) is 3.90. The van der Waals surface area contributed by atoms with Crippen molar-refractivity contribution in [3.8, 4) is 6.07 Å². The van der Waals surface area contributed by atoms with Crippen LogP contribution >= 0.6 is 0 Å². The van der Waals surface area contributed by atoms with E-state index >= 15 is 0 Å². The Kier molecular flexibility index (Phi) is 5.47. The lowest BCUT2D eigenvalue weighted by Crippen LogP contribution is -2.15. The van der Waals surface area contributed by atoms with Crippen molar-refractivity contribution in [2.75, 3.05) is 6.61 Å². The zero-order chi connectivity index (χ0) is 16.8. The molecule has 1 aromatic heterocycles. The number of nitrogens with zero attached hydrogens (tertiary/aromatic N) is 1. The van der Waals surface area contributed by atoms with Crippen LogP contribution < -0.4 is 0 Å². The first-order valence-corrected chi connectivity index (χ1v) is 7.03. The molecule has 2 atom stereocenters. The molecule has 0 aliphatic heterocycles. The van der Waals surface area contributed by atoms with E-state index in [1.165, 1.54) is 19.5 Å². The normalized spacial score (nSPS) is 13.1. The van der Waals surface area contributed by atoms with Crippen LogP contribution in [0.4, 0.5) is 8.78 Å². The molecule has 1 aromatic carbocycles. The van der Waals surface area contributed by atoms with Crippen LogP contribution in [0.1, 0.15) is 36.3 Å². The second kappa shape index (κ2) is 7.54. The third-order valence-electron chi connectivity index (χ3n) is 3.54. The lowest BCUT2D eigenvalue weighted by Gasteiger charge is -2.22. The maximum Gasteiger partial charge on any atom is 0.302 e. The summed E-state index contributed by atoms with van der Waals surface area (Å²) in [7, 11) is 0. The highest BCUT2D eigenvalue weighted by molar-refractivity contribution is 5.65. The van der Waals surface area contributed by atoms with E-state index in [-0.39, 0.29) is 18.6 Å². The standard InChI is InChI=1S/C17H15F2NO3/c1-11(21)23-7-5-14(15-8-13(18)2-3-17(15)19)16(9-20)12-4-6-22-10-12/h2-4,6,8,10,14,16H,5,7H2,1H3/t14-,16-/m0/s1. The van der Waals surface area contributed by atoms with Crippen LogP contribution in [-0.2, 0) is 9.53 Å². The summed E-state index contributed by atoms with van der Waals surface area (Å²) in [5, 5.41) is 9.48. The van der Waals surface area contributed by atoms with Crippen LogP contribution in [0.3, 0.4) is 0 Å². The Morgan fingerprint density at radius 2 is 2.17 bits per heavy atom. The number of rotatable bonds is 6. The Morgan fingerprint density at radius 3 is 2.78 bits per heavy atom. The third-order valence-corrected chi connectivity index (χ3v) is 3.54. The monoisotopic (exact) mass is 319 g/mol. The van der Waals surface area contributed by atoms with Gasteiger partial charge in [-0.15, -0.1) is 0 Å². The van der Waals surface area contributed by atoms with Gasteiger partial charge in [-0.25, -0.2) is 8.78 Å². The Labute approximate surface area is 132 Å². The number of benzene rings is 1. The molecule has 23 heavy (non-hydrogen) atoms. The summed E-state index contributed by atoms with van der Waals surface area (Å²) < 4.78 is 37.5. The molecule has 0 N–H and O–H groups in total. The summed E-state index contributed by atoms with van der Waals surface area (Å²) >= 11 is 0. The van der Waals surface area contributed by atoms with Gasteiger partial charge in [0.05, 0.1) is 31.1 Å². The van der Waals surface area contributed by atoms with Crippen LogP contribution in [0.2, 0.25) is 0 Å². The molecule has 6 heteroatoms. The van der Waals surface area contributed by atoms with Gasteiger partial charge in [0.15, 0.2) is 0 Å². The fraction of sp³-hybridized carbons (Fsp3) is 0.294. The van der Waals surface area contributed by atoms with Crippen molar-refractivity contribution in [2.45, 2.75) is 25.2 Å². The molecule has 0 aliphatic carbocycles. The van der Waals surface area contributed by atoms with Crippen LogP contribution in [0, 0.1) is 23.0 Å². The quantitative estimate of drug-likeness (QED) is 0.758. The minimum Gasteiger partial charge on any atom is -0.472 e. The zero-order valence-electron chi connectivity index (χ0n) is 12.5. The van der Waals surface area contributed by atoms with Gasteiger partial charge in [-0.3, -0.25) is 4.79 Å². The van der Waals surface area contributed by atoms with E-state index in [0.717, 1.165) is 18.2 Å². The molecule has 0 unspecified atom stereocenters. The van der Waals surface area contributed by atoms with Crippen molar-refractivity contribution < 1.29 is 22.7 Å². The molecule has 1 heterocycles. The molecule has 0 radical (unpaired) electrons. The predicted molar refractivity (Wildman–Crippen MR) is 77.4 cm³/mol. The first kappa shape index (κ1) is 16.7. The number of nitriles is 1. The van der Waals surface area contributed by atoms with E-state index < -0.39 is 29.4 Å². The highest BCUT2D eigenvalue weighted by Crippen LogP contribution is 2.37. The maximum absolute atomic E-state index is 14.1. The lowest BCUT2D eigenvalue weighted by atomic mass is 9.81. The number of carbonyl (C=O) groups excluding carboxylic acids is 1.